The van der Waals surface area contributed by atoms with E-state index in [4.69, 9.17) is 5.26 Å². The van der Waals surface area contributed by atoms with Gasteiger partial charge in [-0.3, -0.25) is 10.1 Å². The Balaban J connectivity index is 2.32. The minimum atomic E-state index is -0.462. The molecule has 2 N–H and O–H groups in total. The summed E-state index contributed by atoms with van der Waals surface area (Å²) in [4.78, 5) is 11.8. The molecule has 0 saturated carbocycles. The molecular weight excluding hydrogens is 314 g/mol. The Hall–Kier alpha value is -2.69. The second kappa shape index (κ2) is 8.08. The average Bonchev–Trinajstić information content (AvgIpc) is 3.07. The van der Waals surface area contributed by atoms with E-state index in [-0.39, 0.29) is 18.3 Å². The van der Waals surface area contributed by atoms with Gasteiger partial charge in [0.1, 0.15) is 5.69 Å². The van der Waals surface area contributed by atoms with Gasteiger partial charge in [-0.2, -0.15) is 5.26 Å². The second-order valence-corrected chi connectivity index (χ2v) is 5.70. The number of anilines is 1. The Morgan fingerprint density at radius 2 is 2.30 bits per heavy atom. The van der Waals surface area contributed by atoms with Crippen LogP contribution in [0.4, 0.5) is 11.4 Å². The molecule has 0 unspecified atom stereocenters. The van der Waals surface area contributed by atoms with Crippen LogP contribution in [0.25, 0.3) is 6.08 Å². The smallest absolute Gasteiger partial charge is 0.292 e. The van der Waals surface area contributed by atoms with E-state index in [0.29, 0.717) is 17.7 Å². The standard InChI is InChI=1S/C16H15N3O3S/c17-8-1-3-12-5-6-13(15(11-12)19(21)22)18-14(7-9-20)16-4-2-10-23-16/h1-6,10-11,14,18,20H,7,9H2/b3-1+/t14-/m1/s1. The molecule has 0 bridgehead atoms. The van der Waals surface area contributed by atoms with Gasteiger partial charge in [-0.15, -0.1) is 11.3 Å². The highest BCUT2D eigenvalue weighted by atomic mass is 32.1. The highest BCUT2D eigenvalue weighted by Gasteiger charge is 2.19. The molecule has 2 aromatic rings. The number of nitrogens with zero attached hydrogens (tertiary/aromatic N) is 2. The first-order valence-electron chi connectivity index (χ1n) is 6.91. The fourth-order valence-electron chi connectivity index (χ4n) is 2.15. The van der Waals surface area contributed by atoms with Gasteiger partial charge >= 0.3 is 0 Å². The van der Waals surface area contributed by atoms with Crippen molar-refractivity contribution in [3.05, 3.63) is 62.3 Å². The van der Waals surface area contributed by atoms with Gasteiger partial charge in [0.2, 0.25) is 0 Å². The van der Waals surface area contributed by atoms with Crippen LogP contribution >= 0.6 is 11.3 Å². The van der Waals surface area contributed by atoms with Crippen molar-refractivity contribution in [3.63, 3.8) is 0 Å². The van der Waals surface area contributed by atoms with Crippen molar-refractivity contribution >= 4 is 28.8 Å². The lowest BCUT2D eigenvalue weighted by Gasteiger charge is -2.18. The van der Waals surface area contributed by atoms with Gasteiger partial charge < -0.3 is 10.4 Å². The number of hydrogen-bond acceptors (Lipinski definition) is 6. The fraction of sp³-hybridized carbons (Fsp3) is 0.188. The zero-order chi connectivity index (χ0) is 16.7. The van der Waals surface area contributed by atoms with Crippen molar-refractivity contribution in [3.8, 4) is 6.07 Å². The lowest BCUT2D eigenvalue weighted by atomic mass is 10.1. The molecule has 1 heterocycles. The molecule has 23 heavy (non-hydrogen) atoms. The molecule has 0 amide bonds. The molecule has 1 atom stereocenters. The summed E-state index contributed by atoms with van der Waals surface area (Å²) in [5.41, 5.74) is 0.902. The summed E-state index contributed by atoms with van der Waals surface area (Å²) in [6.07, 6.45) is 3.24. The summed E-state index contributed by atoms with van der Waals surface area (Å²) in [5, 5.41) is 34.1. The summed E-state index contributed by atoms with van der Waals surface area (Å²) >= 11 is 1.53. The number of nitro benzene ring substituents is 1. The largest absolute Gasteiger partial charge is 0.396 e. The lowest BCUT2D eigenvalue weighted by Crippen LogP contribution is -2.12. The Labute approximate surface area is 137 Å². The first kappa shape index (κ1) is 16.7. The average molecular weight is 329 g/mol. The van der Waals surface area contributed by atoms with Gasteiger partial charge in [-0.05, 0) is 35.6 Å². The van der Waals surface area contributed by atoms with Gasteiger partial charge in [0.15, 0.2) is 0 Å². The Bertz CT molecular complexity index is 736. The van der Waals surface area contributed by atoms with Crippen molar-refractivity contribution in [2.75, 3.05) is 11.9 Å². The molecule has 0 fully saturated rings. The van der Waals surface area contributed by atoms with E-state index in [2.05, 4.69) is 5.32 Å². The van der Waals surface area contributed by atoms with Gasteiger partial charge in [-0.25, -0.2) is 0 Å². The SMILES string of the molecule is N#C/C=C/c1ccc(N[C@H](CCO)c2cccs2)c([N+](=O)[O-])c1. The van der Waals surface area contributed by atoms with E-state index in [9.17, 15) is 15.2 Å². The number of allylic oxidation sites excluding steroid dienone is 1. The van der Waals surface area contributed by atoms with E-state index < -0.39 is 4.92 Å². The summed E-state index contributed by atoms with van der Waals surface area (Å²) < 4.78 is 0. The Morgan fingerprint density at radius 1 is 1.48 bits per heavy atom. The first-order chi connectivity index (χ1) is 11.2. The molecule has 1 aromatic heterocycles. The van der Waals surface area contributed by atoms with E-state index in [1.807, 2.05) is 23.6 Å². The number of nitro groups is 1. The second-order valence-electron chi connectivity index (χ2n) is 4.72. The van der Waals surface area contributed by atoms with Crippen molar-refractivity contribution in [2.24, 2.45) is 0 Å². The molecule has 1 aromatic carbocycles. The molecule has 118 valence electrons. The molecule has 0 radical (unpaired) electrons. The van der Waals surface area contributed by atoms with Crippen molar-refractivity contribution in [2.45, 2.75) is 12.5 Å². The van der Waals surface area contributed by atoms with Crippen LogP contribution in [0.1, 0.15) is 22.9 Å². The monoisotopic (exact) mass is 329 g/mol. The third-order valence-electron chi connectivity index (χ3n) is 3.20. The maximum absolute atomic E-state index is 11.3. The molecule has 0 saturated heterocycles. The Kier molecular flexibility index (Phi) is 5.86. The number of aliphatic hydroxyl groups excluding tert-OH is 1. The van der Waals surface area contributed by atoms with E-state index in [1.54, 1.807) is 12.1 Å². The van der Waals surface area contributed by atoms with Crippen LogP contribution in [0.3, 0.4) is 0 Å². The third kappa shape index (κ3) is 4.39. The minimum Gasteiger partial charge on any atom is -0.396 e. The zero-order valence-electron chi connectivity index (χ0n) is 12.2. The topological polar surface area (TPSA) is 99.2 Å². The summed E-state index contributed by atoms with van der Waals surface area (Å²) in [7, 11) is 0. The van der Waals surface area contributed by atoms with Gasteiger partial charge in [0, 0.05) is 23.6 Å². The third-order valence-corrected chi connectivity index (χ3v) is 4.19. The van der Waals surface area contributed by atoms with Crippen LogP contribution in [0.15, 0.2) is 41.8 Å². The molecule has 0 aliphatic heterocycles. The maximum Gasteiger partial charge on any atom is 0.292 e. The van der Waals surface area contributed by atoms with Crippen LogP contribution in [0.2, 0.25) is 0 Å². The fourth-order valence-corrected chi connectivity index (χ4v) is 2.96. The predicted octanol–water partition coefficient (Wildman–Crippen LogP) is 3.73. The molecule has 2 rings (SSSR count). The maximum atomic E-state index is 11.3. The Morgan fingerprint density at radius 3 is 2.91 bits per heavy atom. The molecule has 0 aliphatic rings. The summed E-state index contributed by atoms with van der Waals surface area (Å²) in [5.74, 6) is 0. The van der Waals surface area contributed by atoms with Crippen LogP contribution in [-0.4, -0.2) is 16.6 Å². The molecule has 0 spiro atoms. The van der Waals surface area contributed by atoms with E-state index in [0.717, 1.165) is 4.88 Å². The van der Waals surface area contributed by atoms with Crippen molar-refractivity contribution in [1.29, 1.82) is 5.26 Å². The number of hydrogen-bond donors (Lipinski definition) is 2. The lowest BCUT2D eigenvalue weighted by molar-refractivity contribution is -0.384. The quantitative estimate of drug-likeness (QED) is 0.458. The van der Waals surface area contributed by atoms with Crippen LogP contribution < -0.4 is 5.32 Å². The molecule has 7 heteroatoms. The molecular formula is C16H15N3O3S. The number of nitrogens with one attached hydrogen (secondary N) is 1. The zero-order valence-corrected chi connectivity index (χ0v) is 13.0. The summed E-state index contributed by atoms with van der Waals surface area (Å²) in [6, 6.07) is 10.2. The highest BCUT2D eigenvalue weighted by Crippen LogP contribution is 2.32. The normalized spacial score (nSPS) is 12.0. The number of thiophene rings is 1. The van der Waals surface area contributed by atoms with Crippen LogP contribution in [0.5, 0.6) is 0 Å². The van der Waals surface area contributed by atoms with Gasteiger partial charge in [0.25, 0.3) is 5.69 Å². The van der Waals surface area contributed by atoms with Crippen molar-refractivity contribution < 1.29 is 10.0 Å². The molecule has 6 nitrogen and oxygen atoms in total. The van der Waals surface area contributed by atoms with Crippen molar-refractivity contribution in [1.82, 2.24) is 0 Å². The van der Waals surface area contributed by atoms with Crippen LogP contribution in [-0.2, 0) is 0 Å². The summed E-state index contributed by atoms with van der Waals surface area (Å²) in [6.45, 7) is -0.0215. The van der Waals surface area contributed by atoms with E-state index in [1.165, 1.54) is 29.6 Å². The van der Waals surface area contributed by atoms with Gasteiger partial charge in [0.05, 0.1) is 17.0 Å². The first-order valence-corrected chi connectivity index (χ1v) is 7.79. The van der Waals surface area contributed by atoms with Gasteiger partial charge in [-0.1, -0.05) is 12.1 Å². The highest BCUT2D eigenvalue weighted by molar-refractivity contribution is 7.10. The molecule has 0 aliphatic carbocycles. The van der Waals surface area contributed by atoms with E-state index >= 15 is 0 Å². The predicted molar refractivity (Wildman–Crippen MR) is 90.1 cm³/mol. The number of nitriles is 1. The number of rotatable bonds is 7. The number of benzene rings is 1. The number of aliphatic hydroxyl groups is 1. The minimum absolute atomic E-state index is 0.0215. The van der Waals surface area contributed by atoms with Crippen LogP contribution in [0, 0.1) is 21.4 Å².